The summed E-state index contributed by atoms with van der Waals surface area (Å²) in [7, 11) is 2.02. The highest BCUT2D eigenvalue weighted by Crippen LogP contribution is 2.27. The third-order valence-corrected chi connectivity index (χ3v) is 4.11. The molecule has 0 saturated heterocycles. The largest absolute Gasteiger partial charge is 0.459 e. The minimum Gasteiger partial charge on any atom is -0.459 e. The van der Waals surface area contributed by atoms with E-state index >= 15 is 0 Å². The number of nitrogens with zero attached hydrogens (tertiary/aromatic N) is 4. The molecule has 3 heterocycles. The predicted octanol–water partition coefficient (Wildman–Crippen LogP) is 3.95. The maximum absolute atomic E-state index is 5.74. The Morgan fingerprint density at radius 1 is 0.962 bits per heavy atom. The van der Waals surface area contributed by atoms with Crippen molar-refractivity contribution >= 4 is 0 Å². The summed E-state index contributed by atoms with van der Waals surface area (Å²) in [6.45, 7) is 0.490. The maximum Gasteiger partial charge on any atom is 0.283 e. The van der Waals surface area contributed by atoms with Crippen LogP contribution in [0.4, 0.5) is 0 Å². The lowest BCUT2D eigenvalue weighted by Gasteiger charge is -2.26. The Kier molecular flexibility index (Phi) is 4.57. The average molecular weight is 346 g/mol. The van der Waals surface area contributed by atoms with Gasteiger partial charge in [-0.05, 0) is 36.9 Å². The highest BCUT2D eigenvalue weighted by Gasteiger charge is 2.22. The Morgan fingerprint density at radius 2 is 1.81 bits per heavy atom. The van der Waals surface area contributed by atoms with Crippen molar-refractivity contribution < 1.29 is 8.83 Å². The van der Waals surface area contributed by atoms with E-state index in [0.29, 0.717) is 24.1 Å². The van der Waals surface area contributed by atoms with Gasteiger partial charge in [0, 0.05) is 6.20 Å². The molecule has 0 amide bonds. The minimum absolute atomic E-state index is 0.0173. The summed E-state index contributed by atoms with van der Waals surface area (Å²) in [5, 5.41) is 8.21. The zero-order chi connectivity index (χ0) is 17.8. The van der Waals surface area contributed by atoms with E-state index in [0.717, 1.165) is 11.3 Å². The second kappa shape index (κ2) is 7.33. The first kappa shape index (κ1) is 16.2. The van der Waals surface area contributed by atoms with Crippen molar-refractivity contribution in [3.63, 3.8) is 0 Å². The molecule has 4 aromatic rings. The van der Waals surface area contributed by atoms with Crippen LogP contribution in [-0.4, -0.2) is 27.1 Å². The molecule has 26 heavy (non-hydrogen) atoms. The van der Waals surface area contributed by atoms with Crippen LogP contribution in [0.25, 0.3) is 11.7 Å². The molecular weight excluding hydrogens is 328 g/mol. The van der Waals surface area contributed by atoms with Gasteiger partial charge in [-0.1, -0.05) is 36.4 Å². The summed E-state index contributed by atoms with van der Waals surface area (Å²) < 4.78 is 11.0. The van der Waals surface area contributed by atoms with Crippen molar-refractivity contribution in [3.05, 3.63) is 90.3 Å². The van der Waals surface area contributed by atoms with Gasteiger partial charge in [-0.2, -0.15) is 0 Å². The maximum atomic E-state index is 5.74. The summed E-state index contributed by atoms with van der Waals surface area (Å²) in [6.07, 6.45) is 3.39. The van der Waals surface area contributed by atoms with Crippen LogP contribution in [0.5, 0.6) is 0 Å². The summed E-state index contributed by atoms with van der Waals surface area (Å²) in [4.78, 5) is 6.68. The van der Waals surface area contributed by atoms with E-state index < -0.39 is 0 Å². The molecule has 0 spiro atoms. The van der Waals surface area contributed by atoms with Gasteiger partial charge < -0.3 is 8.83 Å². The number of hydrogen-bond acceptors (Lipinski definition) is 6. The lowest BCUT2D eigenvalue weighted by Crippen LogP contribution is -2.26. The van der Waals surface area contributed by atoms with E-state index in [1.54, 1.807) is 24.6 Å². The second-order valence-corrected chi connectivity index (χ2v) is 5.96. The molecule has 0 saturated carbocycles. The van der Waals surface area contributed by atoms with Crippen LogP contribution >= 0.6 is 0 Å². The first-order chi connectivity index (χ1) is 12.8. The molecule has 0 radical (unpaired) electrons. The number of rotatable bonds is 6. The SMILES string of the molecule is CN(Cc1nnc(-c2ccco2)o1)[C@H](c1ccccc1)c1ccccn1. The number of benzene rings is 1. The normalized spacial score (nSPS) is 12.4. The number of pyridine rings is 1. The molecule has 4 rings (SSSR count). The fourth-order valence-electron chi connectivity index (χ4n) is 2.95. The van der Waals surface area contributed by atoms with Crippen LogP contribution < -0.4 is 0 Å². The van der Waals surface area contributed by atoms with Gasteiger partial charge >= 0.3 is 0 Å². The number of furan rings is 1. The van der Waals surface area contributed by atoms with Gasteiger partial charge in [0.1, 0.15) is 0 Å². The smallest absolute Gasteiger partial charge is 0.283 e. The van der Waals surface area contributed by atoms with Gasteiger partial charge in [0.15, 0.2) is 5.76 Å². The molecule has 0 aliphatic carbocycles. The van der Waals surface area contributed by atoms with Gasteiger partial charge in [-0.3, -0.25) is 9.88 Å². The van der Waals surface area contributed by atoms with Gasteiger partial charge in [-0.25, -0.2) is 0 Å². The molecule has 3 aromatic heterocycles. The third-order valence-electron chi connectivity index (χ3n) is 4.11. The molecule has 0 bridgehead atoms. The summed E-state index contributed by atoms with van der Waals surface area (Å²) >= 11 is 0. The zero-order valence-electron chi connectivity index (χ0n) is 14.3. The Balaban J connectivity index is 1.60. The van der Waals surface area contributed by atoms with E-state index in [2.05, 4.69) is 32.2 Å². The van der Waals surface area contributed by atoms with Crippen LogP contribution in [0.1, 0.15) is 23.2 Å². The fraction of sp³-hybridized carbons (Fsp3) is 0.150. The Bertz CT molecular complexity index is 897. The van der Waals surface area contributed by atoms with Crippen molar-refractivity contribution in [1.82, 2.24) is 20.1 Å². The first-order valence-electron chi connectivity index (χ1n) is 8.33. The van der Waals surface area contributed by atoms with E-state index in [9.17, 15) is 0 Å². The van der Waals surface area contributed by atoms with Gasteiger partial charge in [-0.15, -0.1) is 10.2 Å². The van der Waals surface area contributed by atoms with Crippen LogP contribution in [0.3, 0.4) is 0 Å². The predicted molar refractivity (Wildman–Crippen MR) is 96.0 cm³/mol. The van der Waals surface area contributed by atoms with Crippen LogP contribution in [0.15, 0.2) is 82.0 Å². The molecule has 6 heteroatoms. The van der Waals surface area contributed by atoms with E-state index in [-0.39, 0.29) is 6.04 Å². The highest BCUT2D eigenvalue weighted by molar-refractivity contribution is 5.42. The molecule has 0 N–H and O–H groups in total. The standard InChI is InChI=1S/C20H18N4O2/c1-24(14-18-22-23-20(26-18)17-11-7-13-25-17)19(15-8-3-2-4-9-15)16-10-5-6-12-21-16/h2-13,19H,14H2,1H3/t19-/m1/s1. The average Bonchev–Trinajstić information content (AvgIpc) is 3.35. The van der Waals surface area contributed by atoms with Crippen molar-refractivity contribution in [2.75, 3.05) is 7.05 Å². The van der Waals surface area contributed by atoms with E-state index in [1.165, 1.54) is 0 Å². The molecule has 0 aliphatic heterocycles. The van der Waals surface area contributed by atoms with Crippen molar-refractivity contribution in [1.29, 1.82) is 0 Å². The molecule has 0 unspecified atom stereocenters. The van der Waals surface area contributed by atoms with Crippen LogP contribution in [0.2, 0.25) is 0 Å². The molecule has 0 fully saturated rings. The molecule has 6 nitrogen and oxygen atoms in total. The molecule has 1 aromatic carbocycles. The van der Waals surface area contributed by atoms with Crippen molar-refractivity contribution in [2.24, 2.45) is 0 Å². The van der Waals surface area contributed by atoms with E-state index in [4.69, 9.17) is 8.83 Å². The summed E-state index contributed by atoms with van der Waals surface area (Å²) in [6, 6.07) is 19.8. The third kappa shape index (κ3) is 3.41. The summed E-state index contributed by atoms with van der Waals surface area (Å²) in [5.74, 6) is 1.47. The number of aromatic nitrogens is 3. The highest BCUT2D eigenvalue weighted by atomic mass is 16.4. The van der Waals surface area contributed by atoms with Gasteiger partial charge in [0.2, 0.25) is 5.89 Å². The molecule has 130 valence electrons. The zero-order valence-corrected chi connectivity index (χ0v) is 14.3. The van der Waals surface area contributed by atoms with Gasteiger partial charge in [0.05, 0.1) is 24.5 Å². The van der Waals surface area contributed by atoms with Crippen LogP contribution in [-0.2, 0) is 6.54 Å². The van der Waals surface area contributed by atoms with Gasteiger partial charge in [0.25, 0.3) is 5.89 Å². The summed E-state index contributed by atoms with van der Waals surface area (Å²) in [5.41, 5.74) is 2.12. The van der Waals surface area contributed by atoms with E-state index in [1.807, 2.05) is 43.4 Å². The van der Waals surface area contributed by atoms with Crippen LogP contribution in [0, 0.1) is 0 Å². The molecular formula is C20H18N4O2. The number of hydrogen-bond donors (Lipinski definition) is 0. The second-order valence-electron chi connectivity index (χ2n) is 5.96. The lowest BCUT2D eigenvalue weighted by molar-refractivity contribution is 0.239. The Morgan fingerprint density at radius 3 is 2.54 bits per heavy atom. The minimum atomic E-state index is -0.0173. The lowest BCUT2D eigenvalue weighted by atomic mass is 10.0. The topological polar surface area (TPSA) is 68.2 Å². The molecule has 0 aliphatic rings. The Labute approximate surface area is 151 Å². The fourth-order valence-corrected chi connectivity index (χ4v) is 2.95. The van der Waals surface area contributed by atoms with Crippen molar-refractivity contribution in [3.8, 4) is 11.7 Å². The molecule has 1 atom stereocenters. The van der Waals surface area contributed by atoms with Crippen molar-refractivity contribution in [2.45, 2.75) is 12.6 Å². The monoisotopic (exact) mass is 346 g/mol. The first-order valence-corrected chi connectivity index (χ1v) is 8.33. The quantitative estimate of drug-likeness (QED) is 0.527. The Hall–Kier alpha value is -3.25.